The molecule has 2 heterocycles. The lowest BCUT2D eigenvalue weighted by atomic mass is 10.1. The Morgan fingerprint density at radius 2 is 2.14 bits per heavy atom. The second-order valence-electron chi connectivity index (χ2n) is 5.01. The first-order chi connectivity index (χ1) is 10.9. The van der Waals surface area contributed by atoms with Gasteiger partial charge in [-0.2, -0.15) is 5.26 Å². The number of nitrogens with one attached hydrogen (secondary N) is 1. The van der Waals surface area contributed by atoms with Gasteiger partial charge in [-0.05, 0) is 24.3 Å². The molecule has 1 aromatic heterocycles. The van der Waals surface area contributed by atoms with E-state index in [-0.39, 0.29) is 12.2 Å². The number of nitrogens with zero attached hydrogens (tertiary/aromatic N) is 2. The predicted molar refractivity (Wildman–Crippen MR) is 81.4 cm³/mol. The fourth-order valence-electron chi connectivity index (χ4n) is 2.45. The van der Waals surface area contributed by atoms with Crippen molar-refractivity contribution in [3.05, 3.63) is 59.9 Å². The Kier molecular flexibility index (Phi) is 4.64. The molecule has 3 rings (SSSR count). The zero-order valence-corrected chi connectivity index (χ0v) is 12.1. The second kappa shape index (κ2) is 7.03. The molecule has 0 bridgehead atoms. The number of ether oxygens (including phenoxy) is 2. The summed E-state index contributed by atoms with van der Waals surface area (Å²) in [5.41, 5.74) is 1.30. The number of hydrogen-bond acceptors (Lipinski definition) is 5. The Morgan fingerprint density at radius 1 is 1.27 bits per heavy atom. The van der Waals surface area contributed by atoms with Crippen molar-refractivity contribution in [1.29, 1.82) is 5.26 Å². The molecule has 2 aromatic rings. The molecule has 1 aliphatic heterocycles. The van der Waals surface area contributed by atoms with Gasteiger partial charge in [0.05, 0.1) is 17.9 Å². The summed E-state index contributed by atoms with van der Waals surface area (Å²) in [5, 5.41) is 12.5. The van der Waals surface area contributed by atoms with Crippen LogP contribution in [0.25, 0.3) is 0 Å². The third-order valence-corrected chi connectivity index (χ3v) is 3.53. The molecule has 0 aliphatic carbocycles. The van der Waals surface area contributed by atoms with E-state index in [0.29, 0.717) is 24.5 Å². The van der Waals surface area contributed by atoms with E-state index in [0.717, 1.165) is 12.2 Å². The fourth-order valence-corrected chi connectivity index (χ4v) is 2.45. The first-order valence-corrected chi connectivity index (χ1v) is 7.27. The van der Waals surface area contributed by atoms with Crippen LogP contribution in [0.3, 0.4) is 0 Å². The molecule has 0 amide bonds. The van der Waals surface area contributed by atoms with E-state index < -0.39 is 0 Å². The molecule has 1 saturated heterocycles. The third kappa shape index (κ3) is 3.25. The quantitative estimate of drug-likeness (QED) is 0.935. The molecule has 1 aromatic carbocycles. The van der Waals surface area contributed by atoms with Gasteiger partial charge in [-0.25, -0.2) is 0 Å². The lowest BCUT2D eigenvalue weighted by Crippen LogP contribution is -2.43. The average molecular weight is 295 g/mol. The summed E-state index contributed by atoms with van der Waals surface area (Å²) in [4.78, 5) is 4.39. The highest BCUT2D eigenvalue weighted by molar-refractivity contribution is 5.42. The van der Waals surface area contributed by atoms with Gasteiger partial charge in [0.2, 0.25) is 0 Å². The molecule has 0 saturated carbocycles. The maximum absolute atomic E-state index is 9.22. The van der Waals surface area contributed by atoms with Crippen LogP contribution in [0.1, 0.15) is 17.4 Å². The molecule has 2 atom stereocenters. The van der Waals surface area contributed by atoms with Crippen molar-refractivity contribution in [2.75, 3.05) is 19.7 Å². The number of rotatable bonds is 4. The van der Waals surface area contributed by atoms with Gasteiger partial charge in [0.1, 0.15) is 17.9 Å². The van der Waals surface area contributed by atoms with Crippen molar-refractivity contribution >= 4 is 0 Å². The number of morpholine rings is 1. The van der Waals surface area contributed by atoms with Crippen molar-refractivity contribution in [2.45, 2.75) is 12.2 Å². The molecule has 22 heavy (non-hydrogen) atoms. The lowest BCUT2D eigenvalue weighted by Gasteiger charge is -2.31. The number of nitriles is 1. The van der Waals surface area contributed by atoms with Crippen molar-refractivity contribution in [2.24, 2.45) is 0 Å². The van der Waals surface area contributed by atoms with Crippen LogP contribution >= 0.6 is 0 Å². The van der Waals surface area contributed by atoms with Gasteiger partial charge in [-0.15, -0.1) is 0 Å². The van der Waals surface area contributed by atoms with Gasteiger partial charge in [0.15, 0.2) is 6.10 Å². The Labute approximate surface area is 129 Å². The van der Waals surface area contributed by atoms with Crippen molar-refractivity contribution in [1.82, 2.24) is 10.3 Å². The summed E-state index contributed by atoms with van der Waals surface area (Å²) in [6.07, 6.45) is 1.23. The van der Waals surface area contributed by atoms with Gasteiger partial charge in [0, 0.05) is 19.3 Å². The molecule has 1 N–H and O–H groups in total. The maximum Gasteiger partial charge on any atom is 0.168 e. The Hall–Kier alpha value is -2.42. The van der Waals surface area contributed by atoms with E-state index in [4.69, 9.17) is 9.47 Å². The lowest BCUT2D eigenvalue weighted by molar-refractivity contribution is -0.0447. The average Bonchev–Trinajstić information content (AvgIpc) is 2.61. The first kappa shape index (κ1) is 14.5. The molecular weight excluding hydrogens is 278 g/mol. The maximum atomic E-state index is 9.22. The van der Waals surface area contributed by atoms with Crippen LogP contribution in [0.2, 0.25) is 0 Å². The normalized spacial score (nSPS) is 19.1. The molecule has 1 fully saturated rings. The summed E-state index contributed by atoms with van der Waals surface area (Å²) in [6.45, 7) is 2.16. The van der Waals surface area contributed by atoms with Crippen LogP contribution in [0.4, 0.5) is 0 Å². The predicted octanol–water partition coefficient (Wildman–Crippen LogP) is 2.06. The van der Waals surface area contributed by atoms with E-state index in [2.05, 4.69) is 16.4 Å². The third-order valence-electron chi connectivity index (χ3n) is 3.53. The van der Waals surface area contributed by atoms with Crippen LogP contribution in [0.15, 0.2) is 48.7 Å². The number of aromatic nitrogens is 1. The minimum absolute atomic E-state index is 0.143. The molecule has 5 heteroatoms. The number of pyridine rings is 1. The van der Waals surface area contributed by atoms with E-state index in [1.54, 1.807) is 18.3 Å². The van der Waals surface area contributed by atoms with Crippen molar-refractivity contribution < 1.29 is 9.47 Å². The molecular formula is C17H17N3O2. The largest absolute Gasteiger partial charge is 0.480 e. The highest BCUT2D eigenvalue weighted by Gasteiger charge is 2.29. The Bertz CT molecular complexity index is 648. The minimum atomic E-state index is -0.358. The van der Waals surface area contributed by atoms with E-state index in [1.807, 2.05) is 30.3 Å². The summed E-state index contributed by atoms with van der Waals surface area (Å²) in [6, 6.07) is 15.1. The second-order valence-corrected chi connectivity index (χ2v) is 5.01. The number of para-hydroxylation sites is 1. The SMILES string of the molecule is N#Cc1ccccc1OC(c1ccccn1)C1CNCCO1. The van der Waals surface area contributed by atoms with E-state index in [1.165, 1.54) is 0 Å². The molecule has 0 radical (unpaired) electrons. The summed E-state index contributed by atoms with van der Waals surface area (Å²) < 4.78 is 11.9. The molecule has 0 spiro atoms. The zero-order chi connectivity index (χ0) is 15.2. The molecule has 2 unspecified atom stereocenters. The van der Waals surface area contributed by atoms with Crippen LogP contribution in [0.5, 0.6) is 5.75 Å². The van der Waals surface area contributed by atoms with Gasteiger partial charge < -0.3 is 14.8 Å². The number of hydrogen-bond donors (Lipinski definition) is 1. The fraction of sp³-hybridized carbons (Fsp3) is 0.294. The zero-order valence-electron chi connectivity index (χ0n) is 12.1. The number of benzene rings is 1. The topological polar surface area (TPSA) is 67.2 Å². The molecule has 5 nitrogen and oxygen atoms in total. The summed E-state index contributed by atoms with van der Waals surface area (Å²) in [5.74, 6) is 0.551. The van der Waals surface area contributed by atoms with Gasteiger partial charge in [-0.1, -0.05) is 18.2 Å². The van der Waals surface area contributed by atoms with E-state index in [9.17, 15) is 5.26 Å². The van der Waals surface area contributed by atoms with Crippen LogP contribution < -0.4 is 10.1 Å². The smallest absolute Gasteiger partial charge is 0.168 e. The molecule has 112 valence electrons. The molecule has 1 aliphatic rings. The van der Waals surface area contributed by atoms with E-state index >= 15 is 0 Å². The van der Waals surface area contributed by atoms with Gasteiger partial charge in [-0.3, -0.25) is 4.98 Å². The van der Waals surface area contributed by atoms with Gasteiger partial charge in [0.25, 0.3) is 0 Å². The van der Waals surface area contributed by atoms with Crippen molar-refractivity contribution in [3.63, 3.8) is 0 Å². The highest BCUT2D eigenvalue weighted by Crippen LogP contribution is 2.28. The van der Waals surface area contributed by atoms with Crippen LogP contribution in [-0.4, -0.2) is 30.8 Å². The van der Waals surface area contributed by atoms with Crippen LogP contribution in [-0.2, 0) is 4.74 Å². The monoisotopic (exact) mass is 295 g/mol. The van der Waals surface area contributed by atoms with Crippen LogP contribution in [0, 0.1) is 11.3 Å². The standard InChI is InChI=1S/C17H17N3O2/c18-11-13-5-1-2-7-15(13)22-17(14-6-3-4-8-20-14)16-12-19-9-10-21-16/h1-8,16-17,19H,9-10,12H2. The highest BCUT2D eigenvalue weighted by atomic mass is 16.5. The van der Waals surface area contributed by atoms with Gasteiger partial charge >= 0.3 is 0 Å². The summed E-state index contributed by atoms with van der Waals surface area (Å²) in [7, 11) is 0. The summed E-state index contributed by atoms with van der Waals surface area (Å²) >= 11 is 0. The van der Waals surface area contributed by atoms with Crippen molar-refractivity contribution in [3.8, 4) is 11.8 Å². The minimum Gasteiger partial charge on any atom is -0.480 e. The Morgan fingerprint density at radius 3 is 2.86 bits per heavy atom. The first-order valence-electron chi connectivity index (χ1n) is 7.27. The Balaban J connectivity index is 1.90.